The fourth-order valence-corrected chi connectivity index (χ4v) is 2.53. The molecular formula is C16H14N2O5. The molecule has 3 rings (SSSR count). The van der Waals surface area contributed by atoms with Gasteiger partial charge in [0.2, 0.25) is 5.75 Å². The van der Waals surface area contributed by atoms with Gasteiger partial charge in [0, 0.05) is 12.5 Å². The first-order valence-electron chi connectivity index (χ1n) is 7.05. The molecule has 1 amide bonds. The Bertz CT molecular complexity index is 750. The quantitative estimate of drug-likeness (QED) is 0.664. The van der Waals surface area contributed by atoms with Crippen molar-refractivity contribution in [3.8, 4) is 11.5 Å². The lowest BCUT2D eigenvalue weighted by atomic mass is 10.1. The molecule has 7 nitrogen and oxygen atoms in total. The smallest absolute Gasteiger partial charge is 0.311 e. The first kappa shape index (κ1) is 14.8. The van der Waals surface area contributed by atoms with Crippen molar-refractivity contribution in [2.24, 2.45) is 0 Å². The van der Waals surface area contributed by atoms with Crippen LogP contribution in [0.4, 0.5) is 5.69 Å². The summed E-state index contributed by atoms with van der Waals surface area (Å²) in [5.74, 6) is -0.415. The van der Waals surface area contributed by atoms with E-state index < -0.39 is 22.3 Å². The number of benzene rings is 2. The SMILES string of the molecule is O=C(NC[C@@H]1Cc2ccccc2O1)c1cccc([N+](=O)[O-])c1O. The molecule has 23 heavy (non-hydrogen) atoms. The van der Waals surface area contributed by atoms with Gasteiger partial charge in [-0.2, -0.15) is 0 Å². The average Bonchev–Trinajstić information content (AvgIpc) is 2.95. The van der Waals surface area contributed by atoms with Gasteiger partial charge in [-0.1, -0.05) is 24.3 Å². The summed E-state index contributed by atoms with van der Waals surface area (Å²) in [7, 11) is 0. The molecule has 0 radical (unpaired) electrons. The van der Waals surface area contributed by atoms with Gasteiger partial charge in [-0.3, -0.25) is 14.9 Å². The van der Waals surface area contributed by atoms with Gasteiger partial charge in [-0.25, -0.2) is 0 Å². The van der Waals surface area contributed by atoms with Crippen LogP contribution in [0.3, 0.4) is 0 Å². The minimum Gasteiger partial charge on any atom is -0.502 e. The van der Waals surface area contributed by atoms with Gasteiger partial charge in [0.25, 0.3) is 5.91 Å². The third kappa shape index (κ3) is 2.94. The fourth-order valence-electron chi connectivity index (χ4n) is 2.53. The van der Waals surface area contributed by atoms with Crippen LogP contribution in [0.5, 0.6) is 11.5 Å². The van der Waals surface area contributed by atoms with Gasteiger partial charge in [0.05, 0.1) is 17.0 Å². The van der Waals surface area contributed by atoms with Crippen molar-refractivity contribution in [1.29, 1.82) is 0 Å². The summed E-state index contributed by atoms with van der Waals surface area (Å²) in [5.41, 5.74) is 0.446. The molecule has 1 aliphatic heterocycles. The first-order valence-corrected chi connectivity index (χ1v) is 7.05. The van der Waals surface area contributed by atoms with Crippen molar-refractivity contribution >= 4 is 11.6 Å². The van der Waals surface area contributed by atoms with E-state index in [-0.39, 0.29) is 18.2 Å². The molecule has 0 saturated carbocycles. The maximum atomic E-state index is 12.1. The van der Waals surface area contributed by atoms with Gasteiger partial charge in [0.1, 0.15) is 11.9 Å². The summed E-state index contributed by atoms with van der Waals surface area (Å²) in [5, 5.41) is 23.2. The second-order valence-electron chi connectivity index (χ2n) is 5.19. The molecule has 2 aromatic rings. The number of aromatic hydroxyl groups is 1. The number of nitro benzene ring substituents is 1. The lowest BCUT2D eigenvalue weighted by molar-refractivity contribution is -0.385. The molecule has 0 unspecified atom stereocenters. The van der Waals surface area contributed by atoms with E-state index in [2.05, 4.69) is 5.32 Å². The number of carbonyl (C=O) groups is 1. The van der Waals surface area contributed by atoms with Crippen LogP contribution >= 0.6 is 0 Å². The van der Waals surface area contributed by atoms with E-state index in [1.54, 1.807) is 0 Å². The highest BCUT2D eigenvalue weighted by Gasteiger charge is 2.25. The van der Waals surface area contributed by atoms with Gasteiger partial charge >= 0.3 is 5.69 Å². The number of hydrogen-bond donors (Lipinski definition) is 2. The van der Waals surface area contributed by atoms with Crippen LogP contribution in [0, 0.1) is 10.1 Å². The maximum absolute atomic E-state index is 12.1. The number of nitrogens with zero attached hydrogens (tertiary/aromatic N) is 1. The number of hydrogen-bond acceptors (Lipinski definition) is 5. The molecule has 2 N–H and O–H groups in total. The van der Waals surface area contributed by atoms with Crippen LogP contribution in [0.15, 0.2) is 42.5 Å². The lowest BCUT2D eigenvalue weighted by Crippen LogP contribution is -2.34. The molecule has 0 bridgehead atoms. The molecule has 2 aromatic carbocycles. The Morgan fingerprint density at radius 3 is 2.83 bits per heavy atom. The molecule has 0 saturated heterocycles. The zero-order valence-corrected chi connectivity index (χ0v) is 12.1. The topological polar surface area (TPSA) is 102 Å². The summed E-state index contributed by atoms with van der Waals surface area (Å²) in [6, 6.07) is 11.5. The predicted octanol–water partition coefficient (Wildman–Crippen LogP) is 2.03. The highest BCUT2D eigenvalue weighted by molar-refractivity contribution is 5.98. The zero-order valence-electron chi connectivity index (χ0n) is 12.1. The van der Waals surface area contributed by atoms with Gasteiger partial charge in [-0.15, -0.1) is 0 Å². The minimum atomic E-state index is -0.733. The molecule has 1 atom stereocenters. The number of fused-ring (bicyclic) bond motifs is 1. The summed E-state index contributed by atoms with van der Waals surface area (Å²) in [6.45, 7) is 0.246. The first-order chi connectivity index (χ1) is 11.1. The van der Waals surface area contributed by atoms with Gasteiger partial charge < -0.3 is 15.2 Å². The van der Waals surface area contributed by atoms with Crippen LogP contribution in [0.25, 0.3) is 0 Å². The van der Waals surface area contributed by atoms with Crippen LogP contribution in [0.1, 0.15) is 15.9 Å². The van der Waals surface area contributed by atoms with Crippen molar-refractivity contribution in [2.45, 2.75) is 12.5 Å². The highest BCUT2D eigenvalue weighted by Crippen LogP contribution is 2.30. The van der Waals surface area contributed by atoms with Crippen LogP contribution in [-0.4, -0.2) is 28.6 Å². The zero-order chi connectivity index (χ0) is 16.4. The Morgan fingerprint density at radius 2 is 2.09 bits per heavy atom. The Kier molecular flexibility index (Phi) is 3.84. The average molecular weight is 314 g/mol. The number of para-hydroxylation sites is 2. The van der Waals surface area contributed by atoms with E-state index in [9.17, 15) is 20.0 Å². The largest absolute Gasteiger partial charge is 0.502 e. The standard InChI is InChI=1S/C16H14N2O5/c19-15-12(5-3-6-13(15)18(21)22)16(20)17-9-11-8-10-4-1-2-7-14(10)23-11/h1-7,11,19H,8-9H2,(H,17,20)/t11-/m0/s1. The Hall–Kier alpha value is -3.09. The number of rotatable bonds is 4. The number of phenolic OH excluding ortho intramolecular Hbond substituents is 1. The molecule has 1 aliphatic rings. The molecule has 0 aromatic heterocycles. The molecule has 0 spiro atoms. The number of nitro groups is 1. The molecule has 118 valence electrons. The molecular weight excluding hydrogens is 300 g/mol. The number of carbonyl (C=O) groups excluding carboxylic acids is 1. The second-order valence-corrected chi connectivity index (χ2v) is 5.19. The van der Waals surface area contributed by atoms with Crippen LogP contribution < -0.4 is 10.1 Å². The van der Waals surface area contributed by atoms with Crippen molar-refractivity contribution in [3.05, 3.63) is 63.7 Å². The number of ether oxygens (including phenoxy) is 1. The van der Waals surface area contributed by atoms with Crippen LogP contribution in [-0.2, 0) is 6.42 Å². The molecule has 1 heterocycles. The van der Waals surface area contributed by atoms with E-state index in [4.69, 9.17) is 4.74 Å². The maximum Gasteiger partial charge on any atom is 0.311 e. The van der Waals surface area contributed by atoms with Crippen molar-refractivity contribution in [2.75, 3.05) is 6.54 Å². The lowest BCUT2D eigenvalue weighted by Gasteiger charge is -2.12. The number of nitrogens with one attached hydrogen (secondary N) is 1. The summed E-state index contributed by atoms with van der Waals surface area (Å²) >= 11 is 0. The molecule has 7 heteroatoms. The number of amides is 1. The second kappa shape index (κ2) is 5.96. The number of phenols is 1. The highest BCUT2D eigenvalue weighted by atomic mass is 16.6. The van der Waals surface area contributed by atoms with Crippen molar-refractivity contribution in [3.63, 3.8) is 0 Å². The fraction of sp³-hybridized carbons (Fsp3) is 0.188. The summed E-state index contributed by atoms with van der Waals surface area (Å²) in [6.07, 6.45) is 0.481. The Labute approximate surface area is 131 Å². The Balaban J connectivity index is 1.65. The van der Waals surface area contributed by atoms with Gasteiger partial charge in [-0.05, 0) is 17.7 Å². The third-order valence-corrected chi connectivity index (χ3v) is 3.66. The Morgan fingerprint density at radius 1 is 1.30 bits per heavy atom. The normalized spacial score (nSPS) is 15.6. The van der Waals surface area contributed by atoms with Crippen LogP contribution in [0.2, 0.25) is 0 Å². The monoisotopic (exact) mass is 314 g/mol. The summed E-state index contributed by atoms with van der Waals surface area (Å²) < 4.78 is 5.70. The third-order valence-electron chi connectivity index (χ3n) is 3.66. The molecule has 0 aliphatic carbocycles. The van der Waals surface area contributed by atoms with E-state index in [0.29, 0.717) is 6.42 Å². The predicted molar refractivity (Wildman–Crippen MR) is 81.7 cm³/mol. The minimum absolute atomic E-state index is 0.130. The van der Waals surface area contributed by atoms with Crippen molar-refractivity contribution in [1.82, 2.24) is 5.32 Å². The summed E-state index contributed by atoms with van der Waals surface area (Å²) in [4.78, 5) is 22.2. The van der Waals surface area contributed by atoms with Gasteiger partial charge in [0.15, 0.2) is 0 Å². The molecule has 0 fully saturated rings. The van der Waals surface area contributed by atoms with Crippen molar-refractivity contribution < 1.29 is 19.6 Å². The van der Waals surface area contributed by atoms with E-state index in [1.807, 2.05) is 24.3 Å². The van der Waals surface area contributed by atoms with E-state index in [1.165, 1.54) is 12.1 Å². The van der Waals surface area contributed by atoms with E-state index in [0.717, 1.165) is 17.4 Å². The van der Waals surface area contributed by atoms with E-state index >= 15 is 0 Å².